The maximum atomic E-state index is 2.38. The molecule has 0 fully saturated rings. The average Bonchev–Trinajstić information content (AvgIpc) is 3.38. The zero-order valence-corrected chi connectivity index (χ0v) is 35.3. The molecule has 0 aliphatic rings. The van der Waals surface area contributed by atoms with E-state index in [2.05, 4.69) is 277 Å². The lowest BCUT2D eigenvalue weighted by molar-refractivity contribution is 1.28. The summed E-state index contributed by atoms with van der Waals surface area (Å²) in [7, 11) is 0. The van der Waals surface area contributed by atoms with Crippen molar-refractivity contribution in [1.29, 1.82) is 0 Å². The predicted molar refractivity (Wildman–Crippen MR) is 273 cm³/mol. The van der Waals surface area contributed by atoms with E-state index in [1.807, 2.05) is 0 Å². The van der Waals surface area contributed by atoms with Crippen molar-refractivity contribution in [2.45, 2.75) is 0 Å². The molecule has 0 aliphatic heterocycles. The van der Waals surface area contributed by atoms with E-state index < -0.39 is 0 Å². The van der Waals surface area contributed by atoms with Gasteiger partial charge in [0.2, 0.25) is 0 Å². The summed E-state index contributed by atoms with van der Waals surface area (Å²) in [6, 6.07) is 96.3. The second kappa shape index (κ2) is 17.1. The fourth-order valence-corrected chi connectivity index (χ4v) is 9.03. The Labute approximate surface area is 375 Å². The molecule has 11 aromatic rings. The van der Waals surface area contributed by atoms with Crippen LogP contribution in [0.5, 0.6) is 0 Å². The van der Waals surface area contributed by atoms with E-state index in [0.29, 0.717) is 0 Å². The second-order valence-electron chi connectivity index (χ2n) is 16.2. The van der Waals surface area contributed by atoms with Crippen LogP contribution in [0.25, 0.3) is 66.1 Å². The minimum Gasteiger partial charge on any atom is -0.310 e. The van der Waals surface area contributed by atoms with E-state index in [4.69, 9.17) is 0 Å². The highest BCUT2D eigenvalue weighted by Crippen LogP contribution is 2.43. The molecule has 64 heavy (non-hydrogen) atoms. The van der Waals surface area contributed by atoms with E-state index in [1.54, 1.807) is 0 Å². The number of nitrogens with zero attached hydrogens (tertiary/aromatic N) is 2. The molecule has 0 saturated carbocycles. The molecule has 11 rings (SSSR count). The summed E-state index contributed by atoms with van der Waals surface area (Å²) in [6.45, 7) is 0. The van der Waals surface area contributed by atoms with Crippen molar-refractivity contribution in [2.24, 2.45) is 0 Å². The average molecular weight is 817 g/mol. The van der Waals surface area contributed by atoms with Gasteiger partial charge in [0.1, 0.15) is 0 Å². The van der Waals surface area contributed by atoms with Gasteiger partial charge < -0.3 is 9.80 Å². The van der Waals surface area contributed by atoms with Crippen LogP contribution in [0.15, 0.2) is 267 Å². The van der Waals surface area contributed by atoms with E-state index in [0.717, 1.165) is 45.3 Å². The first-order valence-electron chi connectivity index (χ1n) is 21.9. The molecule has 2 heteroatoms. The van der Waals surface area contributed by atoms with Gasteiger partial charge in [0.15, 0.2) is 0 Å². The van der Waals surface area contributed by atoms with Crippen LogP contribution < -0.4 is 9.80 Å². The molecule has 0 saturated heterocycles. The van der Waals surface area contributed by atoms with E-state index in [1.165, 1.54) is 54.9 Å². The minimum atomic E-state index is 1.08. The molecule has 0 aromatic heterocycles. The van der Waals surface area contributed by atoms with Crippen LogP contribution in [0.2, 0.25) is 0 Å². The quantitative estimate of drug-likeness (QED) is 0.136. The van der Waals surface area contributed by atoms with Gasteiger partial charge in [-0.2, -0.15) is 0 Å². The highest BCUT2D eigenvalue weighted by Gasteiger charge is 2.19. The Balaban J connectivity index is 0.976. The normalized spacial score (nSPS) is 11.1. The lowest BCUT2D eigenvalue weighted by Gasteiger charge is -2.28. The predicted octanol–water partition coefficient (Wildman–Crippen LogP) is 17.6. The molecule has 0 spiro atoms. The van der Waals surface area contributed by atoms with Crippen molar-refractivity contribution in [3.63, 3.8) is 0 Å². The minimum absolute atomic E-state index is 1.08. The third kappa shape index (κ3) is 7.59. The summed E-state index contributed by atoms with van der Waals surface area (Å²) in [5, 5.41) is 4.87. The molecule has 0 N–H and O–H groups in total. The Morgan fingerprint density at radius 3 is 1.20 bits per heavy atom. The summed E-state index contributed by atoms with van der Waals surface area (Å²) in [6.07, 6.45) is 0. The Morgan fingerprint density at radius 2 is 0.609 bits per heavy atom. The van der Waals surface area contributed by atoms with Gasteiger partial charge in [0, 0.05) is 33.8 Å². The van der Waals surface area contributed by atoms with Crippen LogP contribution in [0.4, 0.5) is 34.1 Å². The Kier molecular flexibility index (Phi) is 10.3. The van der Waals surface area contributed by atoms with E-state index >= 15 is 0 Å². The van der Waals surface area contributed by atoms with E-state index in [-0.39, 0.29) is 0 Å². The van der Waals surface area contributed by atoms with Crippen molar-refractivity contribution in [3.05, 3.63) is 267 Å². The Hall–Kier alpha value is -8.46. The van der Waals surface area contributed by atoms with Crippen molar-refractivity contribution >= 4 is 55.7 Å². The smallest absolute Gasteiger partial charge is 0.0540 e. The van der Waals surface area contributed by atoms with Crippen LogP contribution in [-0.2, 0) is 0 Å². The first kappa shape index (κ1) is 38.5. The number of fused-ring (bicyclic) bond motifs is 2. The fourth-order valence-electron chi connectivity index (χ4n) is 9.03. The molecule has 11 aromatic carbocycles. The van der Waals surface area contributed by atoms with Crippen LogP contribution in [0.1, 0.15) is 0 Å². The second-order valence-corrected chi connectivity index (χ2v) is 16.2. The van der Waals surface area contributed by atoms with Gasteiger partial charge in [-0.1, -0.05) is 200 Å². The highest BCUT2D eigenvalue weighted by atomic mass is 15.1. The summed E-state index contributed by atoms with van der Waals surface area (Å²) in [5.74, 6) is 0. The molecule has 0 atom stereocenters. The molecule has 0 unspecified atom stereocenters. The maximum Gasteiger partial charge on any atom is 0.0540 e. The number of hydrogen-bond donors (Lipinski definition) is 0. The molecule has 0 radical (unpaired) electrons. The van der Waals surface area contributed by atoms with Gasteiger partial charge in [-0.3, -0.25) is 0 Å². The van der Waals surface area contributed by atoms with Crippen LogP contribution in [0, 0.1) is 0 Å². The van der Waals surface area contributed by atoms with Crippen LogP contribution in [-0.4, -0.2) is 0 Å². The summed E-state index contributed by atoms with van der Waals surface area (Å²) in [5.41, 5.74) is 16.1. The molecule has 2 nitrogen and oxygen atoms in total. The van der Waals surface area contributed by atoms with Crippen LogP contribution in [0.3, 0.4) is 0 Å². The van der Waals surface area contributed by atoms with Crippen LogP contribution >= 0.6 is 0 Å². The molecular weight excluding hydrogens is 773 g/mol. The summed E-state index contributed by atoms with van der Waals surface area (Å²) >= 11 is 0. The summed E-state index contributed by atoms with van der Waals surface area (Å²) < 4.78 is 0. The molecule has 0 bridgehead atoms. The molecule has 0 amide bonds. The molecule has 302 valence electrons. The third-order valence-electron chi connectivity index (χ3n) is 12.2. The first-order valence-corrected chi connectivity index (χ1v) is 21.9. The standard InChI is InChI=1S/C62H44N2/c1-4-15-45(16-5-1)47-27-34-54(35-28-47)63(58-41-42-59(50-18-6-2-7-19-50)61(44-58)52-20-8-3-9-21-52)55-36-29-48(30-37-55)49-31-38-56(39-32-49)64(57-40-33-46-17-10-11-23-53(46)43-57)62-26-14-24-51-22-12-13-25-60(51)62/h1-44H. The van der Waals surface area contributed by atoms with Crippen molar-refractivity contribution in [2.75, 3.05) is 9.80 Å². The maximum absolute atomic E-state index is 2.38. The zero-order valence-electron chi connectivity index (χ0n) is 35.3. The zero-order chi connectivity index (χ0) is 42.7. The van der Waals surface area contributed by atoms with Gasteiger partial charge >= 0.3 is 0 Å². The Bertz CT molecular complexity index is 3340. The number of rotatable bonds is 10. The highest BCUT2D eigenvalue weighted by molar-refractivity contribution is 6.00. The first-order chi connectivity index (χ1) is 31.7. The van der Waals surface area contributed by atoms with Crippen molar-refractivity contribution in [3.8, 4) is 44.5 Å². The van der Waals surface area contributed by atoms with Gasteiger partial charge in [-0.25, -0.2) is 0 Å². The van der Waals surface area contributed by atoms with Gasteiger partial charge in [-0.15, -0.1) is 0 Å². The molecule has 0 heterocycles. The number of anilines is 6. The largest absolute Gasteiger partial charge is 0.310 e. The molecule has 0 aliphatic carbocycles. The number of benzene rings is 11. The SMILES string of the molecule is c1ccc(-c2ccc(N(c3ccc(-c4ccc(N(c5ccc6ccccc6c5)c5cccc6ccccc56)cc4)cc3)c3ccc(-c4ccccc4)c(-c4ccccc4)c3)cc2)cc1. The lowest BCUT2D eigenvalue weighted by atomic mass is 9.93. The summed E-state index contributed by atoms with van der Waals surface area (Å²) in [4.78, 5) is 4.75. The van der Waals surface area contributed by atoms with Gasteiger partial charge in [-0.05, 0) is 127 Å². The van der Waals surface area contributed by atoms with E-state index in [9.17, 15) is 0 Å². The molecular formula is C62H44N2. The Morgan fingerprint density at radius 1 is 0.203 bits per heavy atom. The van der Waals surface area contributed by atoms with Gasteiger partial charge in [0.05, 0.1) is 5.69 Å². The topological polar surface area (TPSA) is 6.48 Å². The monoisotopic (exact) mass is 816 g/mol. The third-order valence-corrected chi connectivity index (χ3v) is 12.2. The van der Waals surface area contributed by atoms with Crippen molar-refractivity contribution < 1.29 is 0 Å². The number of hydrogen-bond acceptors (Lipinski definition) is 2. The lowest BCUT2D eigenvalue weighted by Crippen LogP contribution is -2.10. The van der Waals surface area contributed by atoms with Crippen molar-refractivity contribution in [1.82, 2.24) is 0 Å². The fraction of sp³-hybridized carbons (Fsp3) is 0. The van der Waals surface area contributed by atoms with Gasteiger partial charge in [0.25, 0.3) is 0 Å².